The van der Waals surface area contributed by atoms with Gasteiger partial charge in [-0.2, -0.15) is 0 Å². The number of nitrogens with zero attached hydrogens (tertiary/aromatic N) is 3. The Hall–Kier alpha value is -1.40. The lowest BCUT2D eigenvalue weighted by atomic mass is 9.86. The number of piperazine rings is 1. The third-order valence-corrected chi connectivity index (χ3v) is 6.28. The molecule has 2 amide bonds. The summed E-state index contributed by atoms with van der Waals surface area (Å²) in [6, 6.07) is 4.01. The molecule has 2 saturated heterocycles. The zero-order valence-corrected chi connectivity index (χ0v) is 14.8. The van der Waals surface area contributed by atoms with Gasteiger partial charge in [-0.1, -0.05) is 6.07 Å². The van der Waals surface area contributed by atoms with Crippen molar-refractivity contribution in [3.63, 3.8) is 0 Å². The van der Waals surface area contributed by atoms with Gasteiger partial charge in [0.25, 0.3) is 0 Å². The van der Waals surface area contributed by atoms with Gasteiger partial charge >= 0.3 is 0 Å². The van der Waals surface area contributed by atoms with Gasteiger partial charge in [-0.25, -0.2) is 0 Å². The van der Waals surface area contributed by atoms with Gasteiger partial charge in [-0.3, -0.25) is 14.5 Å². The van der Waals surface area contributed by atoms with E-state index in [0.717, 1.165) is 43.9 Å². The Labute approximate surface area is 141 Å². The molecule has 126 valence electrons. The molecule has 0 saturated carbocycles. The Morgan fingerprint density at radius 3 is 2.83 bits per heavy atom. The summed E-state index contributed by atoms with van der Waals surface area (Å²) in [6.07, 6.45) is 2.86. The number of hydrogen-bond donors (Lipinski definition) is 0. The summed E-state index contributed by atoms with van der Waals surface area (Å²) in [5.41, 5.74) is -0.0518. The molecule has 1 unspecified atom stereocenters. The van der Waals surface area contributed by atoms with E-state index in [2.05, 4.69) is 11.9 Å². The first-order valence-electron chi connectivity index (χ1n) is 8.25. The van der Waals surface area contributed by atoms with E-state index in [0.29, 0.717) is 12.8 Å². The molecule has 3 heterocycles. The second-order valence-electron chi connectivity index (χ2n) is 6.78. The number of thiophene rings is 1. The minimum atomic E-state index is -0.0518. The molecule has 0 aromatic carbocycles. The summed E-state index contributed by atoms with van der Waals surface area (Å²) in [7, 11) is 4.01. The van der Waals surface area contributed by atoms with Crippen LogP contribution in [0.1, 0.15) is 24.1 Å². The maximum atomic E-state index is 12.6. The van der Waals surface area contributed by atoms with Crippen molar-refractivity contribution in [2.75, 3.05) is 40.3 Å². The van der Waals surface area contributed by atoms with Crippen LogP contribution in [0.15, 0.2) is 17.5 Å². The molecule has 0 bridgehead atoms. The molecule has 2 fully saturated rings. The summed E-state index contributed by atoms with van der Waals surface area (Å²) in [5.74, 6) is 0.432. The second kappa shape index (κ2) is 6.61. The van der Waals surface area contributed by atoms with E-state index in [4.69, 9.17) is 0 Å². The smallest absolute Gasteiger partial charge is 0.227 e. The zero-order chi connectivity index (χ0) is 16.4. The van der Waals surface area contributed by atoms with Gasteiger partial charge in [-0.05, 0) is 31.3 Å². The molecule has 3 rings (SSSR count). The van der Waals surface area contributed by atoms with Crippen molar-refractivity contribution < 1.29 is 9.59 Å². The first-order chi connectivity index (χ1) is 11.0. The topological polar surface area (TPSA) is 43.9 Å². The Morgan fingerprint density at radius 2 is 2.09 bits per heavy atom. The Kier molecular flexibility index (Phi) is 4.73. The normalized spacial score (nSPS) is 26.6. The van der Waals surface area contributed by atoms with Crippen LogP contribution in [0.4, 0.5) is 0 Å². The fourth-order valence-corrected chi connectivity index (χ4v) is 4.34. The van der Waals surface area contributed by atoms with Crippen molar-refractivity contribution in [2.24, 2.45) is 0 Å². The number of carbonyl (C=O) groups is 2. The van der Waals surface area contributed by atoms with E-state index >= 15 is 0 Å². The van der Waals surface area contributed by atoms with E-state index in [1.165, 1.54) is 0 Å². The molecule has 6 heteroatoms. The monoisotopic (exact) mass is 335 g/mol. The highest BCUT2D eigenvalue weighted by Crippen LogP contribution is 2.32. The molecular formula is C17H25N3O2S. The largest absolute Gasteiger partial charge is 0.346 e. The lowest BCUT2D eigenvalue weighted by Gasteiger charge is -2.49. The first-order valence-corrected chi connectivity index (χ1v) is 9.13. The summed E-state index contributed by atoms with van der Waals surface area (Å²) in [4.78, 5) is 32.0. The molecule has 0 radical (unpaired) electrons. The highest BCUT2D eigenvalue weighted by molar-refractivity contribution is 7.10. The van der Waals surface area contributed by atoms with Gasteiger partial charge in [0.1, 0.15) is 0 Å². The summed E-state index contributed by atoms with van der Waals surface area (Å²) >= 11 is 1.64. The van der Waals surface area contributed by atoms with Crippen LogP contribution in [0, 0.1) is 0 Å². The van der Waals surface area contributed by atoms with E-state index in [-0.39, 0.29) is 17.4 Å². The lowest BCUT2D eigenvalue weighted by molar-refractivity contribution is -0.136. The SMILES string of the molecule is CN1CCC2(CCC1=O)CN(C(=O)Cc1cccs1)CCN2C. The van der Waals surface area contributed by atoms with Gasteiger partial charge in [-0.15, -0.1) is 11.3 Å². The van der Waals surface area contributed by atoms with Gasteiger partial charge in [0.2, 0.25) is 11.8 Å². The Bertz CT molecular complexity index is 574. The quantitative estimate of drug-likeness (QED) is 0.822. The maximum Gasteiger partial charge on any atom is 0.227 e. The molecule has 1 aromatic heterocycles. The molecule has 0 N–H and O–H groups in total. The zero-order valence-electron chi connectivity index (χ0n) is 14.0. The molecular weight excluding hydrogens is 310 g/mol. The van der Waals surface area contributed by atoms with Crippen molar-refractivity contribution in [2.45, 2.75) is 31.2 Å². The van der Waals surface area contributed by atoms with Crippen LogP contribution in [-0.4, -0.2) is 72.3 Å². The average molecular weight is 335 g/mol. The maximum absolute atomic E-state index is 12.6. The van der Waals surface area contributed by atoms with Crippen LogP contribution < -0.4 is 0 Å². The predicted octanol–water partition coefficient (Wildman–Crippen LogP) is 1.45. The molecule has 1 spiro atoms. The van der Waals surface area contributed by atoms with Crippen molar-refractivity contribution in [1.29, 1.82) is 0 Å². The number of likely N-dealkylation sites (N-methyl/N-ethyl adjacent to an activating group) is 1. The van der Waals surface area contributed by atoms with Crippen LogP contribution in [-0.2, 0) is 16.0 Å². The fourth-order valence-electron chi connectivity index (χ4n) is 3.65. The number of likely N-dealkylation sites (tertiary alicyclic amines) is 1. The van der Waals surface area contributed by atoms with Crippen LogP contribution in [0.3, 0.4) is 0 Å². The number of rotatable bonds is 2. The number of carbonyl (C=O) groups excluding carboxylic acids is 2. The number of amides is 2. The molecule has 2 aliphatic heterocycles. The highest BCUT2D eigenvalue weighted by Gasteiger charge is 2.42. The molecule has 1 aromatic rings. The lowest BCUT2D eigenvalue weighted by Crippen LogP contribution is -2.62. The molecule has 23 heavy (non-hydrogen) atoms. The number of hydrogen-bond acceptors (Lipinski definition) is 4. The van der Waals surface area contributed by atoms with Crippen molar-refractivity contribution >= 4 is 23.2 Å². The van der Waals surface area contributed by atoms with E-state index < -0.39 is 0 Å². The third-order valence-electron chi connectivity index (χ3n) is 5.40. The van der Waals surface area contributed by atoms with E-state index in [1.807, 2.05) is 34.4 Å². The van der Waals surface area contributed by atoms with Crippen LogP contribution in [0.2, 0.25) is 0 Å². The average Bonchev–Trinajstić information content (AvgIpc) is 3.00. The molecule has 2 aliphatic rings. The van der Waals surface area contributed by atoms with Crippen LogP contribution in [0.25, 0.3) is 0 Å². The third kappa shape index (κ3) is 3.43. The standard InChI is InChI=1S/C17H25N3O2S/c1-18-8-7-17(6-5-15(18)21)13-20(10-9-19(17)2)16(22)12-14-4-3-11-23-14/h3-4,11H,5-10,12-13H2,1-2H3. The second-order valence-corrected chi connectivity index (χ2v) is 7.81. The van der Waals surface area contributed by atoms with E-state index in [1.54, 1.807) is 11.3 Å². The Balaban J connectivity index is 1.71. The fraction of sp³-hybridized carbons (Fsp3) is 0.647. The van der Waals surface area contributed by atoms with Crippen molar-refractivity contribution in [3.8, 4) is 0 Å². The first kappa shape index (κ1) is 16.5. The van der Waals surface area contributed by atoms with Gasteiger partial charge < -0.3 is 9.80 Å². The molecule has 5 nitrogen and oxygen atoms in total. The van der Waals surface area contributed by atoms with E-state index in [9.17, 15) is 9.59 Å². The summed E-state index contributed by atoms with van der Waals surface area (Å²) in [5, 5.41) is 2.01. The molecule has 0 aliphatic carbocycles. The predicted molar refractivity (Wildman–Crippen MR) is 91.5 cm³/mol. The van der Waals surface area contributed by atoms with Gasteiger partial charge in [0.05, 0.1) is 6.42 Å². The van der Waals surface area contributed by atoms with Crippen LogP contribution >= 0.6 is 11.3 Å². The highest BCUT2D eigenvalue weighted by atomic mass is 32.1. The van der Waals surface area contributed by atoms with Gasteiger partial charge in [0, 0.05) is 50.1 Å². The van der Waals surface area contributed by atoms with Gasteiger partial charge in [0.15, 0.2) is 0 Å². The summed E-state index contributed by atoms with van der Waals surface area (Å²) in [6.45, 7) is 3.19. The summed E-state index contributed by atoms with van der Waals surface area (Å²) < 4.78 is 0. The van der Waals surface area contributed by atoms with Crippen molar-refractivity contribution in [3.05, 3.63) is 22.4 Å². The van der Waals surface area contributed by atoms with Crippen LogP contribution in [0.5, 0.6) is 0 Å². The van der Waals surface area contributed by atoms with Crippen molar-refractivity contribution in [1.82, 2.24) is 14.7 Å². The minimum absolute atomic E-state index is 0.0518. The molecule has 1 atom stereocenters. The Morgan fingerprint density at radius 1 is 1.26 bits per heavy atom. The minimum Gasteiger partial charge on any atom is -0.346 e.